The lowest BCUT2D eigenvalue weighted by Crippen LogP contribution is -2.49. The number of hydrogen-bond acceptors (Lipinski definition) is 3. The van der Waals surface area contributed by atoms with Gasteiger partial charge in [-0.2, -0.15) is 0 Å². The van der Waals surface area contributed by atoms with E-state index in [9.17, 15) is 14.4 Å². The van der Waals surface area contributed by atoms with Gasteiger partial charge >= 0.3 is 0 Å². The summed E-state index contributed by atoms with van der Waals surface area (Å²) in [6, 6.07) is 8.37. The first kappa shape index (κ1) is 16.8. The molecular formula is C21H25N3O3. The molecule has 3 amide bonds. The number of nitrogens with zero attached hydrogens (tertiary/aromatic N) is 1. The molecule has 0 spiro atoms. The summed E-state index contributed by atoms with van der Waals surface area (Å²) in [6.45, 7) is 1.16. The fraction of sp³-hybridized carbons (Fsp3) is 0.571. The molecule has 4 aliphatic rings. The van der Waals surface area contributed by atoms with E-state index < -0.39 is 0 Å². The van der Waals surface area contributed by atoms with Crippen molar-refractivity contribution >= 4 is 17.7 Å². The Bertz CT molecular complexity index is 804. The third-order valence-electron chi connectivity index (χ3n) is 6.69. The fourth-order valence-corrected chi connectivity index (χ4v) is 5.07. The molecule has 142 valence electrons. The Labute approximate surface area is 158 Å². The molecule has 2 bridgehead atoms. The van der Waals surface area contributed by atoms with Gasteiger partial charge in [0.1, 0.15) is 0 Å². The molecule has 4 fully saturated rings. The van der Waals surface area contributed by atoms with Crippen LogP contribution in [0.1, 0.15) is 53.9 Å². The van der Waals surface area contributed by atoms with Crippen LogP contribution in [0, 0.1) is 11.8 Å². The molecular weight excluding hydrogens is 342 g/mol. The van der Waals surface area contributed by atoms with Crippen molar-refractivity contribution < 1.29 is 14.4 Å². The fourth-order valence-electron chi connectivity index (χ4n) is 5.07. The van der Waals surface area contributed by atoms with Gasteiger partial charge in [0.25, 0.3) is 5.91 Å². The van der Waals surface area contributed by atoms with Gasteiger partial charge in [0.05, 0.1) is 5.92 Å². The van der Waals surface area contributed by atoms with Crippen LogP contribution in [0.4, 0.5) is 0 Å². The lowest BCUT2D eigenvalue weighted by molar-refractivity contribution is -0.127. The van der Waals surface area contributed by atoms with Gasteiger partial charge in [0.15, 0.2) is 0 Å². The van der Waals surface area contributed by atoms with Gasteiger partial charge in [0.2, 0.25) is 11.8 Å². The van der Waals surface area contributed by atoms with Crippen molar-refractivity contribution in [3.05, 3.63) is 35.4 Å². The molecule has 2 heterocycles. The summed E-state index contributed by atoms with van der Waals surface area (Å²) in [6.07, 6.45) is 4.44. The number of carbonyl (C=O) groups excluding carboxylic acids is 3. The van der Waals surface area contributed by atoms with Crippen LogP contribution in [0.2, 0.25) is 0 Å². The number of benzene rings is 1. The Hall–Kier alpha value is -2.37. The summed E-state index contributed by atoms with van der Waals surface area (Å²) in [5.41, 5.74) is 2.07. The molecule has 27 heavy (non-hydrogen) atoms. The van der Waals surface area contributed by atoms with E-state index in [1.807, 2.05) is 23.1 Å². The third-order valence-corrected chi connectivity index (χ3v) is 6.69. The van der Waals surface area contributed by atoms with Crippen molar-refractivity contribution in [2.75, 3.05) is 13.1 Å². The highest BCUT2D eigenvalue weighted by Crippen LogP contribution is 2.43. The SMILES string of the molecule is O=C1C[C@@H](C(=O)N[C@H]2C[C@H]3C[C@@H]2CN3C(=O)c2ccccc2C2CC2)CN1. The maximum Gasteiger partial charge on any atom is 0.254 e. The average molecular weight is 367 g/mol. The molecule has 1 aromatic carbocycles. The van der Waals surface area contributed by atoms with E-state index >= 15 is 0 Å². The number of piperidine rings is 1. The minimum Gasteiger partial charge on any atom is -0.355 e. The zero-order chi connectivity index (χ0) is 18.5. The number of carbonyl (C=O) groups is 3. The van der Waals surface area contributed by atoms with Crippen LogP contribution in [0.25, 0.3) is 0 Å². The van der Waals surface area contributed by atoms with Crippen LogP contribution in [-0.4, -0.2) is 47.8 Å². The molecule has 6 nitrogen and oxygen atoms in total. The van der Waals surface area contributed by atoms with Crippen LogP contribution in [-0.2, 0) is 9.59 Å². The standard InChI is InChI=1S/C21H25N3O3/c25-19-8-13(10-22-19)20(26)23-18-9-15-7-14(18)11-24(15)21(27)17-4-2-1-3-16(17)12-5-6-12/h1-4,12-15,18H,5-11H2,(H,22,25)(H,23,26)/t13-,14-,15-,18+/m1/s1. The monoisotopic (exact) mass is 367 g/mol. The molecule has 2 aliphatic carbocycles. The van der Waals surface area contributed by atoms with Crippen molar-refractivity contribution in [3.8, 4) is 0 Å². The molecule has 0 aromatic heterocycles. The molecule has 0 radical (unpaired) electrons. The third kappa shape index (κ3) is 3.01. The normalized spacial score (nSPS) is 31.9. The minimum absolute atomic E-state index is 0.0251. The van der Waals surface area contributed by atoms with E-state index in [-0.39, 0.29) is 42.1 Å². The van der Waals surface area contributed by atoms with E-state index in [2.05, 4.69) is 16.7 Å². The van der Waals surface area contributed by atoms with Crippen molar-refractivity contribution in [1.82, 2.24) is 15.5 Å². The Morgan fingerprint density at radius 2 is 1.96 bits per heavy atom. The Morgan fingerprint density at radius 1 is 1.15 bits per heavy atom. The smallest absolute Gasteiger partial charge is 0.254 e. The summed E-state index contributed by atoms with van der Waals surface area (Å²) in [5.74, 6) is 0.706. The molecule has 2 saturated carbocycles. The predicted octanol–water partition coefficient (Wildman–Crippen LogP) is 1.42. The van der Waals surface area contributed by atoms with Gasteiger partial charge in [-0.15, -0.1) is 0 Å². The maximum atomic E-state index is 13.2. The zero-order valence-electron chi connectivity index (χ0n) is 15.3. The van der Waals surface area contributed by atoms with Gasteiger partial charge in [-0.25, -0.2) is 0 Å². The first-order valence-corrected chi connectivity index (χ1v) is 10.1. The van der Waals surface area contributed by atoms with Crippen LogP contribution >= 0.6 is 0 Å². The first-order valence-electron chi connectivity index (χ1n) is 10.1. The number of nitrogens with one attached hydrogen (secondary N) is 2. The second-order valence-corrected chi connectivity index (χ2v) is 8.52. The summed E-state index contributed by atoms with van der Waals surface area (Å²) < 4.78 is 0. The van der Waals surface area contributed by atoms with Gasteiger partial charge in [-0.1, -0.05) is 18.2 Å². The number of amides is 3. The molecule has 6 heteroatoms. The second-order valence-electron chi connectivity index (χ2n) is 8.52. The highest BCUT2D eigenvalue weighted by molar-refractivity contribution is 5.96. The van der Waals surface area contributed by atoms with E-state index in [0.29, 0.717) is 18.4 Å². The minimum atomic E-state index is -0.250. The Kier molecular flexibility index (Phi) is 3.95. The summed E-state index contributed by atoms with van der Waals surface area (Å²) >= 11 is 0. The Balaban J connectivity index is 1.23. The highest BCUT2D eigenvalue weighted by atomic mass is 16.2. The molecule has 0 unspecified atom stereocenters. The Morgan fingerprint density at radius 3 is 2.63 bits per heavy atom. The first-order chi connectivity index (χ1) is 13.1. The second kappa shape index (κ2) is 6.36. The van der Waals surface area contributed by atoms with Crippen molar-refractivity contribution in [3.63, 3.8) is 0 Å². The van der Waals surface area contributed by atoms with Gasteiger partial charge in [0, 0.05) is 37.2 Å². The van der Waals surface area contributed by atoms with E-state index in [1.165, 1.54) is 18.4 Å². The van der Waals surface area contributed by atoms with Crippen molar-refractivity contribution in [2.24, 2.45) is 11.8 Å². The van der Waals surface area contributed by atoms with Crippen LogP contribution in [0.15, 0.2) is 24.3 Å². The number of rotatable bonds is 4. The maximum absolute atomic E-state index is 13.2. The topological polar surface area (TPSA) is 78.5 Å². The van der Waals surface area contributed by atoms with E-state index in [4.69, 9.17) is 0 Å². The molecule has 2 aliphatic heterocycles. The lowest BCUT2D eigenvalue weighted by atomic mass is 9.98. The van der Waals surface area contributed by atoms with Gasteiger partial charge in [-0.3, -0.25) is 14.4 Å². The molecule has 2 saturated heterocycles. The quantitative estimate of drug-likeness (QED) is 0.845. The highest BCUT2D eigenvalue weighted by Gasteiger charge is 2.48. The number of likely N-dealkylation sites (tertiary alicyclic amines) is 1. The van der Waals surface area contributed by atoms with E-state index in [1.54, 1.807) is 0 Å². The predicted molar refractivity (Wildman–Crippen MR) is 99.0 cm³/mol. The van der Waals surface area contributed by atoms with Crippen molar-refractivity contribution in [1.29, 1.82) is 0 Å². The lowest BCUT2D eigenvalue weighted by Gasteiger charge is -2.33. The zero-order valence-corrected chi connectivity index (χ0v) is 15.3. The van der Waals surface area contributed by atoms with Crippen LogP contribution in [0.5, 0.6) is 0 Å². The van der Waals surface area contributed by atoms with Gasteiger partial charge in [-0.05, 0) is 49.1 Å². The van der Waals surface area contributed by atoms with Gasteiger partial charge < -0.3 is 15.5 Å². The van der Waals surface area contributed by atoms with Crippen molar-refractivity contribution in [2.45, 2.75) is 50.1 Å². The molecule has 1 aromatic rings. The number of fused-ring (bicyclic) bond motifs is 2. The number of hydrogen-bond donors (Lipinski definition) is 2. The summed E-state index contributed by atoms with van der Waals surface area (Å²) in [7, 11) is 0. The van der Waals surface area contributed by atoms with Crippen LogP contribution < -0.4 is 10.6 Å². The van der Waals surface area contributed by atoms with Crippen LogP contribution in [0.3, 0.4) is 0 Å². The molecule has 5 rings (SSSR count). The van der Waals surface area contributed by atoms with E-state index in [0.717, 1.165) is 24.9 Å². The summed E-state index contributed by atoms with van der Waals surface area (Å²) in [4.78, 5) is 38.9. The summed E-state index contributed by atoms with van der Waals surface area (Å²) in [5, 5.41) is 5.86. The largest absolute Gasteiger partial charge is 0.355 e. The average Bonchev–Trinajstić information content (AvgIpc) is 3.11. The molecule has 2 N–H and O–H groups in total. The molecule has 4 atom stereocenters.